The van der Waals surface area contributed by atoms with Gasteiger partial charge in [-0.15, -0.1) is 0 Å². The van der Waals surface area contributed by atoms with Gasteiger partial charge in [-0.3, -0.25) is 0 Å². The molecule has 2 N–H and O–H groups in total. The third-order valence-corrected chi connectivity index (χ3v) is 5.30. The fourth-order valence-corrected chi connectivity index (χ4v) is 2.88. The number of nitrogens with one attached hydrogen (secondary N) is 2. The molecule has 0 aromatic heterocycles. The van der Waals surface area contributed by atoms with Crippen LogP contribution in [-0.4, -0.2) is 31.5 Å². The number of benzene rings is 2. The number of anilines is 1. The number of methoxy groups -OCH3 is 1. The van der Waals surface area contributed by atoms with Crippen LogP contribution in [-0.2, 0) is 15.9 Å². The third kappa shape index (κ3) is 4.31. The third-order valence-electron chi connectivity index (χ3n) is 5.30. The summed E-state index contributed by atoms with van der Waals surface area (Å²) in [6.07, 6.45) is 0. The normalized spacial score (nSPS) is 17.2. The van der Waals surface area contributed by atoms with Gasteiger partial charge < -0.3 is 24.7 Å². The van der Waals surface area contributed by atoms with Crippen molar-refractivity contribution in [3.8, 4) is 5.75 Å². The Morgan fingerprint density at radius 1 is 1.04 bits per heavy atom. The van der Waals surface area contributed by atoms with Gasteiger partial charge in [-0.25, -0.2) is 4.79 Å². The Kier molecular flexibility index (Phi) is 5.68. The Labute approximate surface area is 166 Å². The van der Waals surface area contributed by atoms with E-state index in [4.69, 9.17) is 14.0 Å². The molecular formula is C21H27BN2O4. The maximum absolute atomic E-state index is 12.2. The van der Waals surface area contributed by atoms with E-state index in [0.717, 1.165) is 11.0 Å². The van der Waals surface area contributed by atoms with Gasteiger partial charge in [0.05, 0.1) is 24.0 Å². The van der Waals surface area contributed by atoms with E-state index in [2.05, 4.69) is 10.6 Å². The zero-order valence-corrected chi connectivity index (χ0v) is 17.0. The molecule has 1 fully saturated rings. The standard InChI is InChI=1S/C21H27BN2O4/c1-20(2)21(3,4)28-22(27-20)16-11-12-17(18(13-16)26-5)24-19(25)23-14-15-9-7-6-8-10-15/h6-13H,14H2,1-5H3,(H2,23,24,25). The van der Waals surface area contributed by atoms with E-state index in [1.165, 1.54) is 0 Å². The van der Waals surface area contributed by atoms with Gasteiger partial charge in [0.1, 0.15) is 5.75 Å². The summed E-state index contributed by atoms with van der Waals surface area (Å²) in [6, 6.07) is 14.9. The second-order valence-corrected chi connectivity index (χ2v) is 7.84. The first kappa shape index (κ1) is 20.2. The molecule has 2 amide bonds. The van der Waals surface area contributed by atoms with Crippen molar-refractivity contribution >= 4 is 24.3 Å². The molecule has 0 saturated carbocycles. The average Bonchev–Trinajstić information content (AvgIpc) is 2.88. The Morgan fingerprint density at radius 3 is 2.29 bits per heavy atom. The molecule has 7 heteroatoms. The van der Waals surface area contributed by atoms with E-state index < -0.39 is 18.3 Å². The first-order valence-electron chi connectivity index (χ1n) is 9.34. The minimum absolute atomic E-state index is 0.300. The molecular weight excluding hydrogens is 355 g/mol. The van der Waals surface area contributed by atoms with Crippen LogP contribution in [0.4, 0.5) is 10.5 Å². The molecule has 6 nitrogen and oxygen atoms in total. The van der Waals surface area contributed by atoms with Gasteiger partial charge in [-0.2, -0.15) is 0 Å². The van der Waals surface area contributed by atoms with Crippen LogP contribution in [0.1, 0.15) is 33.3 Å². The fraction of sp³-hybridized carbons (Fsp3) is 0.381. The zero-order valence-electron chi connectivity index (χ0n) is 17.0. The summed E-state index contributed by atoms with van der Waals surface area (Å²) in [4.78, 5) is 12.2. The van der Waals surface area contributed by atoms with Crippen molar-refractivity contribution < 1.29 is 18.8 Å². The Morgan fingerprint density at radius 2 is 1.68 bits per heavy atom. The van der Waals surface area contributed by atoms with Crippen LogP contribution in [0.2, 0.25) is 0 Å². The number of urea groups is 1. The predicted octanol–water partition coefficient (Wildman–Crippen LogP) is 3.32. The predicted molar refractivity (Wildman–Crippen MR) is 111 cm³/mol. The molecule has 148 valence electrons. The number of amides is 2. The lowest BCUT2D eigenvalue weighted by molar-refractivity contribution is 0.00578. The van der Waals surface area contributed by atoms with Gasteiger partial charge in [-0.1, -0.05) is 36.4 Å². The second kappa shape index (κ2) is 7.85. The highest BCUT2D eigenvalue weighted by Crippen LogP contribution is 2.37. The van der Waals surface area contributed by atoms with Crippen LogP contribution in [0.15, 0.2) is 48.5 Å². The van der Waals surface area contributed by atoms with Crippen LogP contribution in [0, 0.1) is 0 Å². The lowest BCUT2D eigenvalue weighted by Gasteiger charge is -2.32. The van der Waals surface area contributed by atoms with E-state index in [0.29, 0.717) is 18.0 Å². The molecule has 0 aliphatic carbocycles. The zero-order chi connectivity index (χ0) is 20.4. The molecule has 1 aliphatic heterocycles. The second-order valence-electron chi connectivity index (χ2n) is 7.84. The smallest absolute Gasteiger partial charge is 0.494 e. The first-order chi connectivity index (χ1) is 13.2. The number of carbonyl (C=O) groups is 1. The van der Waals surface area contributed by atoms with Crippen molar-refractivity contribution in [2.45, 2.75) is 45.4 Å². The van der Waals surface area contributed by atoms with Crippen LogP contribution >= 0.6 is 0 Å². The summed E-state index contributed by atoms with van der Waals surface area (Å²) in [7, 11) is 1.08. The molecule has 2 aromatic rings. The number of rotatable bonds is 5. The highest BCUT2D eigenvalue weighted by atomic mass is 16.7. The molecule has 0 bridgehead atoms. The molecule has 28 heavy (non-hydrogen) atoms. The lowest BCUT2D eigenvalue weighted by Crippen LogP contribution is -2.41. The molecule has 1 saturated heterocycles. The Bertz CT molecular complexity index is 824. The van der Waals surface area contributed by atoms with Gasteiger partial charge in [-0.05, 0) is 50.9 Å². The molecule has 0 spiro atoms. The van der Waals surface area contributed by atoms with Crippen molar-refractivity contribution in [1.82, 2.24) is 5.32 Å². The summed E-state index contributed by atoms with van der Waals surface area (Å²) in [5.74, 6) is 0.544. The van der Waals surface area contributed by atoms with Crippen LogP contribution in [0.3, 0.4) is 0 Å². The lowest BCUT2D eigenvalue weighted by atomic mass is 9.79. The number of carbonyl (C=O) groups excluding carboxylic acids is 1. The monoisotopic (exact) mass is 382 g/mol. The van der Waals surface area contributed by atoms with Crippen molar-refractivity contribution in [3.63, 3.8) is 0 Å². The summed E-state index contributed by atoms with van der Waals surface area (Å²) < 4.78 is 17.6. The van der Waals surface area contributed by atoms with Crippen molar-refractivity contribution in [1.29, 1.82) is 0 Å². The van der Waals surface area contributed by atoms with E-state index in [-0.39, 0.29) is 6.03 Å². The van der Waals surface area contributed by atoms with E-state index >= 15 is 0 Å². The topological polar surface area (TPSA) is 68.8 Å². The van der Waals surface area contributed by atoms with Crippen molar-refractivity contribution in [2.24, 2.45) is 0 Å². The maximum Gasteiger partial charge on any atom is 0.494 e. The minimum Gasteiger partial charge on any atom is -0.495 e. The average molecular weight is 382 g/mol. The molecule has 3 rings (SSSR count). The summed E-state index contributed by atoms with van der Waals surface area (Å²) in [5.41, 5.74) is 1.61. The quantitative estimate of drug-likeness (QED) is 0.779. The SMILES string of the molecule is COc1cc(B2OC(C)(C)C(C)(C)O2)ccc1NC(=O)NCc1ccccc1. The van der Waals surface area contributed by atoms with Crippen LogP contribution in [0.25, 0.3) is 0 Å². The Hall–Kier alpha value is -2.51. The maximum atomic E-state index is 12.2. The van der Waals surface area contributed by atoms with Gasteiger partial charge >= 0.3 is 13.1 Å². The van der Waals surface area contributed by atoms with Crippen LogP contribution in [0.5, 0.6) is 5.75 Å². The summed E-state index contributed by atoms with van der Waals surface area (Å²) in [5, 5.41) is 5.66. The van der Waals surface area contributed by atoms with Gasteiger partial charge in [0.2, 0.25) is 0 Å². The molecule has 2 aromatic carbocycles. The number of hydrogen-bond donors (Lipinski definition) is 2. The van der Waals surface area contributed by atoms with Crippen molar-refractivity contribution in [3.05, 3.63) is 54.1 Å². The molecule has 0 atom stereocenters. The largest absolute Gasteiger partial charge is 0.495 e. The van der Waals surface area contributed by atoms with Gasteiger partial charge in [0.15, 0.2) is 0 Å². The van der Waals surface area contributed by atoms with Gasteiger partial charge in [0.25, 0.3) is 0 Å². The highest BCUT2D eigenvalue weighted by molar-refractivity contribution is 6.62. The number of hydrogen-bond acceptors (Lipinski definition) is 4. The van der Waals surface area contributed by atoms with Gasteiger partial charge in [0, 0.05) is 6.54 Å². The first-order valence-corrected chi connectivity index (χ1v) is 9.34. The molecule has 1 heterocycles. The van der Waals surface area contributed by atoms with Crippen LogP contribution < -0.4 is 20.8 Å². The van der Waals surface area contributed by atoms with E-state index in [9.17, 15) is 4.79 Å². The summed E-state index contributed by atoms with van der Waals surface area (Å²) >= 11 is 0. The molecule has 0 unspecified atom stereocenters. The molecule has 0 radical (unpaired) electrons. The Balaban J connectivity index is 1.67. The van der Waals surface area contributed by atoms with Crippen molar-refractivity contribution in [2.75, 3.05) is 12.4 Å². The number of ether oxygens (including phenoxy) is 1. The van der Waals surface area contributed by atoms with E-state index in [1.54, 1.807) is 13.2 Å². The molecule has 1 aliphatic rings. The fourth-order valence-electron chi connectivity index (χ4n) is 2.88. The summed E-state index contributed by atoms with van der Waals surface area (Å²) in [6.45, 7) is 8.49. The minimum atomic E-state index is -0.486. The van der Waals surface area contributed by atoms with E-state index in [1.807, 2.05) is 70.2 Å². The highest BCUT2D eigenvalue weighted by Gasteiger charge is 2.51.